The summed E-state index contributed by atoms with van der Waals surface area (Å²) in [5, 5.41) is 0. The van der Waals surface area contributed by atoms with Gasteiger partial charge in [-0.2, -0.15) is 0 Å². The lowest BCUT2D eigenvalue weighted by Crippen LogP contribution is -2.16. The zero-order valence-electron chi connectivity index (χ0n) is 9.22. The summed E-state index contributed by atoms with van der Waals surface area (Å²) >= 11 is 0. The van der Waals surface area contributed by atoms with Crippen LogP contribution in [0.15, 0.2) is 18.2 Å². The van der Waals surface area contributed by atoms with Gasteiger partial charge in [-0.05, 0) is 19.3 Å². The number of benzene rings is 1. The van der Waals surface area contributed by atoms with Crippen LogP contribution in [0.5, 0.6) is 0 Å². The molecule has 1 aromatic rings. The number of rotatable bonds is 3. The molecular weight excluding hydrogens is 155 g/mol. The molecule has 0 bridgehead atoms. The van der Waals surface area contributed by atoms with Crippen molar-refractivity contribution in [2.24, 2.45) is 5.92 Å². The third-order valence-corrected chi connectivity index (χ3v) is 2.98. The van der Waals surface area contributed by atoms with E-state index in [9.17, 15) is 0 Å². The van der Waals surface area contributed by atoms with Crippen molar-refractivity contribution in [1.82, 2.24) is 0 Å². The molecule has 13 heavy (non-hydrogen) atoms. The molecule has 0 aliphatic heterocycles. The molecule has 70 valence electrons. The van der Waals surface area contributed by atoms with Gasteiger partial charge in [-0.1, -0.05) is 55.1 Å². The van der Waals surface area contributed by atoms with E-state index in [4.69, 9.17) is 0 Å². The molecule has 0 radical (unpaired) electrons. The minimum absolute atomic E-state index is 0.806. The molecule has 0 aromatic heterocycles. The highest BCUT2D eigenvalue weighted by atomic mass is 14.1. The summed E-state index contributed by atoms with van der Waals surface area (Å²) in [5.74, 6) is 0.806. The molecule has 0 N–H and O–H groups in total. The molecule has 1 heteroatoms. The first-order valence-corrected chi connectivity index (χ1v) is 5.20. The molecule has 0 amide bonds. The Kier molecular flexibility index (Phi) is 3.59. The van der Waals surface area contributed by atoms with Gasteiger partial charge in [-0.15, -0.1) is 0 Å². The van der Waals surface area contributed by atoms with E-state index in [-0.39, 0.29) is 0 Å². The van der Waals surface area contributed by atoms with Gasteiger partial charge in [0.05, 0.1) is 0 Å². The molecule has 1 aromatic carbocycles. The fourth-order valence-electron chi connectivity index (χ4n) is 1.55. The van der Waals surface area contributed by atoms with Gasteiger partial charge in [0, 0.05) is 0 Å². The van der Waals surface area contributed by atoms with Gasteiger partial charge in [0.25, 0.3) is 0 Å². The van der Waals surface area contributed by atoms with E-state index in [0.717, 1.165) is 5.92 Å². The second-order valence-electron chi connectivity index (χ2n) is 4.08. The Bertz CT molecular complexity index is 278. The summed E-state index contributed by atoms with van der Waals surface area (Å²) < 4.78 is 0. The van der Waals surface area contributed by atoms with Crippen molar-refractivity contribution in [1.29, 1.82) is 0 Å². The Labute approximate surface area is 82.8 Å². The zero-order chi connectivity index (χ0) is 9.84. The van der Waals surface area contributed by atoms with Crippen molar-refractivity contribution in [3.8, 4) is 0 Å². The monoisotopic (exact) mass is 174 g/mol. The van der Waals surface area contributed by atoms with Crippen LogP contribution in [0.4, 0.5) is 0 Å². The van der Waals surface area contributed by atoms with Crippen molar-refractivity contribution >= 4 is 13.3 Å². The van der Waals surface area contributed by atoms with Crippen molar-refractivity contribution in [2.75, 3.05) is 0 Å². The molecule has 1 atom stereocenters. The first-order chi connectivity index (χ1) is 6.15. The van der Waals surface area contributed by atoms with Crippen molar-refractivity contribution in [3.05, 3.63) is 29.3 Å². The summed E-state index contributed by atoms with van der Waals surface area (Å²) in [5.41, 5.74) is 4.41. The molecule has 0 fully saturated rings. The Morgan fingerprint density at radius 3 is 2.69 bits per heavy atom. The lowest BCUT2D eigenvalue weighted by molar-refractivity contribution is 0.561. The van der Waals surface area contributed by atoms with Gasteiger partial charge in [-0.25, -0.2) is 0 Å². The van der Waals surface area contributed by atoms with Crippen LogP contribution >= 0.6 is 0 Å². The average molecular weight is 174 g/mol. The lowest BCUT2D eigenvalue weighted by Gasteiger charge is -2.12. The third kappa shape index (κ3) is 2.62. The molecule has 1 unspecified atom stereocenters. The first-order valence-electron chi connectivity index (χ1n) is 5.20. The molecule has 0 saturated heterocycles. The van der Waals surface area contributed by atoms with Gasteiger partial charge in [0.1, 0.15) is 7.85 Å². The molecule has 0 aliphatic rings. The summed E-state index contributed by atoms with van der Waals surface area (Å²) in [7, 11) is 2.23. The second kappa shape index (κ2) is 4.50. The Morgan fingerprint density at radius 1 is 1.38 bits per heavy atom. The second-order valence-corrected chi connectivity index (χ2v) is 4.08. The Hall–Kier alpha value is -0.715. The van der Waals surface area contributed by atoms with E-state index in [0.29, 0.717) is 0 Å². The standard InChI is InChI=1S/C12H19B/c1-4-9(2)8-11-7-5-6-10(3)12(11)13/h5-7,9H,4,8,13H2,1-3H3. The summed E-state index contributed by atoms with van der Waals surface area (Å²) in [6.07, 6.45) is 2.50. The summed E-state index contributed by atoms with van der Waals surface area (Å²) in [6.45, 7) is 6.77. The van der Waals surface area contributed by atoms with Crippen molar-refractivity contribution < 1.29 is 0 Å². The van der Waals surface area contributed by atoms with Gasteiger partial charge >= 0.3 is 0 Å². The topological polar surface area (TPSA) is 0 Å². The highest BCUT2D eigenvalue weighted by Crippen LogP contribution is 2.10. The molecule has 0 saturated carbocycles. The number of hydrogen-bond donors (Lipinski definition) is 0. The van der Waals surface area contributed by atoms with Crippen LogP contribution < -0.4 is 5.46 Å². The van der Waals surface area contributed by atoms with Gasteiger partial charge in [0.15, 0.2) is 0 Å². The van der Waals surface area contributed by atoms with Crippen LogP contribution in [0.2, 0.25) is 0 Å². The van der Waals surface area contributed by atoms with Crippen LogP contribution in [0.1, 0.15) is 31.4 Å². The maximum atomic E-state index is 2.32. The largest absolute Gasteiger partial charge is 0.139 e. The molecule has 0 spiro atoms. The molecular formula is C12H19B. The fraction of sp³-hybridized carbons (Fsp3) is 0.500. The van der Waals surface area contributed by atoms with Crippen molar-refractivity contribution in [3.63, 3.8) is 0 Å². The Morgan fingerprint density at radius 2 is 2.08 bits per heavy atom. The maximum Gasteiger partial charge on any atom is 0.139 e. The SMILES string of the molecule is Bc1c(C)cccc1CC(C)CC. The van der Waals surface area contributed by atoms with Crippen molar-refractivity contribution in [2.45, 2.75) is 33.6 Å². The van der Waals surface area contributed by atoms with E-state index in [1.807, 2.05) is 0 Å². The van der Waals surface area contributed by atoms with Gasteiger partial charge in [0.2, 0.25) is 0 Å². The molecule has 0 aliphatic carbocycles. The summed E-state index contributed by atoms with van der Waals surface area (Å²) in [6, 6.07) is 6.62. The Balaban J connectivity index is 2.83. The first kappa shape index (κ1) is 10.4. The molecule has 1 rings (SSSR count). The van der Waals surface area contributed by atoms with Gasteiger partial charge in [-0.3, -0.25) is 0 Å². The van der Waals surface area contributed by atoms with E-state index < -0.39 is 0 Å². The van der Waals surface area contributed by atoms with Crippen LogP contribution in [0.3, 0.4) is 0 Å². The van der Waals surface area contributed by atoms with Crippen LogP contribution in [-0.4, -0.2) is 7.85 Å². The van der Waals surface area contributed by atoms with Crippen LogP contribution in [-0.2, 0) is 6.42 Å². The normalized spacial score (nSPS) is 12.8. The fourth-order valence-corrected chi connectivity index (χ4v) is 1.55. The number of hydrogen-bond acceptors (Lipinski definition) is 0. The minimum Gasteiger partial charge on any atom is -0.0830 e. The maximum absolute atomic E-state index is 2.32. The molecule has 0 nitrogen and oxygen atoms in total. The summed E-state index contributed by atoms with van der Waals surface area (Å²) in [4.78, 5) is 0. The van der Waals surface area contributed by atoms with E-state index in [2.05, 4.69) is 46.8 Å². The number of aryl methyl sites for hydroxylation is 1. The predicted molar refractivity (Wildman–Crippen MR) is 62.5 cm³/mol. The van der Waals surface area contributed by atoms with Crippen LogP contribution in [0, 0.1) is 12.8 Å². The minimum atomic E-state index is 0.806. The predicted octanol–water partition coefficient (Wildman–Crippen LogP) is 1.84. The smallest absolute Gasteiger partial charge is 0.0830 e. The highest BCUT2D eigenvalue weighted by molar-refractivity contribution is 6.34. The van der Waals surface area contributed by atoms with E-state index >= 15 is 0 Å². The zero-order valence-corrected chi connectivity index (χ0v) is 9.22. The highest BCUT2D eigenvalue weighted by Gasteiger charge is 2.04. The average Bonchev–Trinajstić information content (AvgIpc) is 2.13. The molecule has 0 heterocycles. The van der Waals surface area contributed by atoms with Crippen LogP contribution in [0.25, 0.3) is 0 Å². The quantitative estimate of drug-likeness (QED) is 0.613. The van der Waals surface area contributed by atoms with E-state index in [1.165, 1.54) is 29.4 Å². The third-order valence-electron chi connectivity index (χ3n) is 2.98. The van der Waals surface area contributed by atoms with Gasteiger partial charge < -0.3 is 0 Å². The lowest BCUT2D eigenvalue weighted by atomic mass is 9.83. The van der Waals surface area contributed by atoms with E-state index in [1.54, 1.807) is 0 Å².